The van der Waals surface area contributed by atoms with Gasteiger partial charge in [-0.1, -0.05) is 23.9 Å². The first-order valence-electron chi connectivity index (χ1n) is 11.0. The highest BCUT2D eigenvalue weighted by Gasteiger charge is 2.24. The van der Waals surface area contributed by atoms with E-state index in [1.54, 1.807) is 35.4 Å². The highest BCUT2D eigenvalue weighted by Crippen LogP contribution is 2.27. The Bertz CT molecular complexity index is 1370. The number of rotatable bonds is 5. The number of carbonyl (C=O) groups excluding carboxylic acids is 2. The SMILES string of the molecule is CSc1nccn1-c1cccc(C(=O)Nc2cccc(C(=O)N3CCc4sccc4C3)c2C)c1. The van der Waals surface area contributed by atoms with Gasteiger partial charge in [0.2, 0.25) is 0 Å². The van der Waals surface area contributed by atoms with Crippen molar-refractivity contribution in [2.24, 2.45) is 0 Å². The molecular weight excluding hydrogens is 464 g/mol. The molecule has 0 radical (unpaired) electrons. The number of nitrogens with one attached hydrogen (secondary N) is 1. The van der Waals surface area contributed by atoms with E-state index >= 15 is 0 Å². The molecule has 0 fully saturated rings. The highest BCUT2D eigenvalue weighted by molar-refractivity contribution is 7.98. The number of anilines is 1. The summed E-state index contributed by atoms with van der Waals surface area (Å²) in [6, 6.07) is 15.0. The van der Waals surface area contributed by atoms with Gasteiger partial charge in [0.1, 0.15) is 0 Å². The maximum Gasteiger partial charge on any atom is 0.255 e. The predicted octanol–water partition coefficient (Wildman–Crippen LogP) is 5.41. The largest absolute Gasteiger partial charge is 0.334 e. The molecule has 6 nitrogen and oxygen atoms in total. The van der Waals surface area contributed by atoms with E-state index in [0.29, 0.717) is 29.9 Å². The Morgan fingerprint density at radius 3 is 2.85 bits per heavy atom. The molecule has 8 heteroatoms. The summed E-state index contributed by atoms with van der Waals surface area (Å²) in [5, 5.41) is 5.94. The van der Waals surface area contributed by atoms with Gasteiger partial charge >= 0.3 is 0 Å². The number of thioether (sulfide) groups is 1. The third-order valence-corrected chi connectivity index (χ3v) is 7.77. The third kappa shape index (κ3) is 4.26. The van der Waals surface area contributed by atoms with Crippen LogP contribution in [0.3, 0.4) is 0 Å². The van der Waals surface area contributed by atoms with Crippen LogP contribution in [-0.2, 0) is 13.0 Å². The third-order valence-electron chi connectivity index (χ3n) is 6.08. The van der Waals surface area contributed by atoms with Crippen LogP contribution in [0, 0.1) is 6.92 Å². The van der Waals surface area contributed by atoms with E-state index in [-0.39, 0.29) is 11.8 Å². The molecule has 34 heavy (non-hydrogen) atoms. The predicted molar refractivity (Wildman–Crippen MR) is 137 cm³/mol. The zero-order valence-corrected chi connectivity index (χ0v) is 20.6. The number of amides is 2. The summed E-state index contributed by atoms with van der Waals surface area (Å²) in [4.78, 5) is 34.0. The molecule has 1 aliphatic rings. The number of hydrogen-bond acceptors (Lipinski definition) is 5. The number of hydrogen-bond donors (Lipinski definition) is 1. The number of imidazole rings is 1. The maximum atomic E-state index is 13.3. The van der Waals surface area contributed by atoms with E-state index in [1.165, 1.54) is 10.4 Å². The quantitative estimate of drug-likeness (QED) is 0.381. The van der Waals surface area contributed by atoms with Crippen molar-refractivity contribution in [3.8, 4) is 5.69 Å². The van der Waals surface area contributed by atoms with Gasteiger partial charge in [0.15, 0.2) is 5.16 Å². The summed E-state index contributed by atoms with van der Waals surface area (Å²) >= 11 is 3.30. The molecule has 172 valence electrons. The number of thiophene rings is 1. The fourth-order valence-electron chi connectivity index (χ4n) is 4.22. The number of fused-ring (bicyclic) bond motifs is 1. The van der Waals surface area contributed by atoms with E-state index < -0.39 is 0 Å². The van der Waals surface area contributed by atoms with Crippen molar-refractivity contribution in [1.82, 2.24) is 14.5 Å². The number of nitrogens with zero attached hydrogens (tertiary/aromatic N) is 3. The van der Waals surface area contributed by atoms with E-state index in [9.17, 15) is 9.59 Å². The molecule has 0 unspecified atom stereocenters. The van der Waals surface area contributed by atoms with Gasteiger partial charge in [-0.05, 0) is 72.5 Å². The van der Waals surface area contributed by atoms with E-state index in [4.69, 9.17) is 0 Å². The topological polar surface area (TPSA) is 67.2 Å². The Morgan fingerprint density at radius 2 is 2.00 bits per heavy atom. The smallest absolute Gasteiger partial charge is 0.255 e. The summed E-state index contributed by atoms with van der Waals surface area (Å²) in [5.74, 6) is -0.224. The minimum atomic E-state index is -0.221. The standard InChI is InChI=1S/C26H24N4O2S2/c1-17-21(25(32)29-12-9-23-19(16-29)10-14-34-23)7-4-8-22(17)28-24(31)18-5-3-6-20(15-18)30-13-11-27-26(30)33-2/h3-8,10-11,13-15H,9,12,16H2,1-2H3,(H,28,31). The monoisotopic (exact) mass is 488 g/mol. The van der Waals surface area contributed by atoms with Crippen LogP contribution in [-0.4, -0.2) is 39.1 Å². The average molecular weight is 489 g/mol. The molecule has 0 saturated carbocycles. The van der Waals surface area contributed by atoms with Gasteiger partial charge in [-0.15, -0.1) is 11.3 Å². The Kier molecular flexibility index (Phi) is 6.26. The first-order chi connectivity index (χ1) is 16.5. The lowest BCUT2D eigenvalue weighted by molar-refractivity contribution is 0.0735. The van der Waals surface area contributed by atoms with E-state index in [1.807, 2.05) is 65.2 Å². The molecule has 2 amide bonds. The van der Waals surface area contributed by atoms with Crippen LogP contribution in [0.25, 0.3) is 5.69 Å². The minimum Gasteiger partial charge on any atom is -0.334 e. The van der Waals surface area contributed by atoms with E-state index in [2.05, 4.69) is 21.7 Å². The van der Waals surface area contributed by atoms with Crippen molar-refractivity contribution in [2.75, 3.05) is 18.1 Å². The second-order valence-electron chi connectivity index (χ2n) is 8.11. The van der Waals surface area contributed by atoms with Gasteiger partial charge in [-0.25, -0.2) is 4.98 Å². The Balaban J connectivity index is 1.36. The van der Waals surface area contributed by atoms with Crippen LogP contribution in [0.5, 0.6) is 0 Å². The lowest BCUT2D eigenvalue weighted by Gasteiger charge is -2.28. The van der Waals surface area contributed by atoms with Crippen molar-refractivity contribution in [3.63, 3.8) is 0 Å². The summed E-state index contributed by atoms with van der Waals surface area (Å²) in [6.45, 7) is 3.23. The fourth-order valence-corrected chi connectivity index (χ4v) is 5.64. The first kappa shape index (κ1) is 22.4. The Hall–Kier alpha value is -3.36. The van der Waals surface area contributed by atoms with Crippen LogP contribution in [0.4, 0.5) is 5.69 Å². The normalized spacial score (nSPS) is 12.9. The van der Waals surface area contributed by atoms with Crippen LogP contribution in [0.1, 0.15) is 36.7 Å². The molecule has 0 saturated heterocycles. The van der Waals surface area contributed by atoms with Crippen LogP contribution in [0.2, 0.25) is 0 Å². The minimum absolute atomic E-state index is 0.00264. The van der Waals surface area contributed by atoms with E-state index in [0.717, 1.165) is 22.8 Å². The molecule has 4 aromatic rings. The van der Waals surface area contributed by atoms with Crippen LogP contribution < -0.4 is 5.32 Å². The molecule has 2 aromatic heterocycles. The molecule has 0 spiro atoms. The molecule has 3 heterocycles. The lowest BCUT2D eigenvalue weighted by Crippen LogP contribution is -2.35. The Morgan fingerprint density at radius 1 is 1.15 bits per heavy atom. The molecule has 5 rings (SSSR count). The van der Waals surface area contributed by atoms with Gasteiger partial charge in [0.05, 0.1) is 0 Å². The molecule has 1 aliphatic heterocycles. The summed E-state index contributed by atoms with van der Waals surface area (Å²) in [7, 11) is 0. The summed E-state index contributed by atoms with van der Waals surface area (Å²) in [5.41, 5.74) is 4.67. The number of aromatic nitrogens is 2. The van der Waals surface area contributed by atoms with Gasteiger partial charge in [-0.3, -0.25) is 14.2 Å². The second-order valence-corrected chi connectivity index (χ2v) is 9.89. The molecule has 0 atom stereocenters. The Labute approximate surface area is 206 Å². The van der Waals surface area contributed by atoms with Crippen molar-refractivity contribution in [2.45, 2.75) is 25.0 Å². The van der Waals surface area contributed by atoms with Crippen LogP contribution in [0.15, 0.2) is 71.5 Å². The summed E-state index contributed by atoms with van der Waals surface area (Å²) < 4.78 is 1.95. The zero-order valence-electron chi connectivity index (χ0n) is 18.9. The second kappa shape index (κ2) is 9.48. The van der Waals surface area contributed by atoms with Crippen molar-refractivity contribution in [3.05, 3.63) is 93.4 Å². The van der Waals surface area contributed by atoms with Crippen molar-refractivity contribution in [1.29, 1.82) is 0 Å². The van der Waals surface area contributed by atoms with Gasteiger partial charge in [0, 0.05) is 52.9 Å². The van der Waals surface area contributed by atoms with Crippen molar-refractivity contribution < 1.29 is 9.59 Å². The van der Waals surface area contributed by atoms with Gasteiger partial charge < -0.3 is 10.2 Å². The number of carbonyl (C=O) groups is 2. The fraction of sp³-hybridized carbons (Fsp3) is 0.192. The molecule has 1 N–H and O–H groups in total. The first-order valence-corrected chi connectivity index (χ1v) is 13.1. The average Bonchev–Trinajstić information content (AvgIpc) is 3.54. The van der Waals surface area contributed by atoms with Gasteiger partial charge in [0.25, 0.3) is 11.8 Å². The van der Waals surface area contributed by atoms with Crippen LogP contribution >= 0.6 is 23.1 Å². The zero-order chi connectivity index (χ0) is 23.7. The van der Waals surface area contributed by atoms with Gasteiger partial charge in [-0.2, -0.15) is 0 Å². The maximum absolute atomic E-state index is 13.3. The summed E-state index contributed by atoms with van der Waals surface area (Å²) in [6.07, 6.45) is 6.48. The lowest BCUT2D eigenvalue weighted by atomic mass is 10.0. The number of benzene rings is 2. The molecule has 0 aliphatic carbocycles. The molecule has 0 bridgehead atoms. The van der Waals surface area contributed by atoms with Crippen molar-refractivity contribution >= 4 is 40.6 Å². The molecule has 2 aromatic carbocycles. The molecular formula is C26H24N4O2S2. The highest BCUT2D eigenvalue weighted by atomic mass is 32.2.